The van der Waals surface area contributed by atoms with Crippen molar-refractivity contribution in [1.29, 1.82) is 0 Å². The molecule has 2 aromatic rings. The number of nitrogens with zero attached hydrogens (tertiary/aromatic N) is 2. The summed E-state index contributed by atoms with van der Waals surface area (Å²) in [7, 11) is 1.43. The van der Waals surface area contributed by atoms with Crippen molar-refractivity contribution in [2.75, 3.05) is 7.11 Å². The number of nitrogens with one attached hydrogen (secondary N) is 1. The third-order valence-electron chi connectivity index (χ3n) is 3.32. The number of carbonyl (C=O) groups is 1. The Bertz CT molecular complexity index is 820. The van der Waals surface area contributed by atoms with Crippen LogP contribution in [0.15, 0.2) is 47.6 Å². The fourth-order valence-corrected chi connectivity index (χ4v) is 1.94. The number of rotatable bonds is 7. The molecule has 0 spiro atoms. The number of nitro groups is 1. The maximum absolute atomic E-state index is 12.0. The zero-order valence-electron chi connectivity index (χ0n) is 14.1. The molecule has 0 saturated carbocycles. The summed E-state index contributed by atoms with van der Waals surface area (Å²) in [5.74, 6) is 0.116. The van der Waals surface area contributed by atoms with E-state index in [2.05, 4.69) is 10.5 Å². The van der Waals surface area contributed by atoms with Crippen LogP contribution in [0.5, 0.6) is 17.2 Å². The van der Waals surface area contributed by atoms with Crippen LogP contribution >= 0.6 is 0 Å². The minimum absolute atomic E-state index is 0.00111. The molecule has 1 atom stereocenters. The molecule has 0 fully saturated rings. The fourth-order valence-electron chi connectivity index (χ4n) is 1.94. The van der Waals surface area contributed by atoms with Gasteiger partial charge < -0.3 is 14.6 Å². The number of hydrazone groups is 1. The lowest BCUT2D eigenvalue weighted by Gasteiger charge is -2.12. The van der Waals surface area contributed by atoms with Gasteiger partial charge in [-0.3, -0.25) is 14.9 Å². The van der Waals surface area contributed by atoms with Gasteiger partial charge in [-0.1, -0.05) is 0 Å². The van der Waals surface area contributed by atoms with Gasteiger partial charge in [0, 0.05) is 12.1 Å². The number of carbonyl (C=O) groups excluding carboxylic acids is 1. The minimum Gasteiger partial charge on any atom is -0.504 e. The third-order valence-corrected chi connectivity index (χ3v) is 3.32. The van der Waals surface area contributed by atoms with E-state index in [1.165, 1.54) is 50.6 Å². The van der Waals surface area contributed by atoms with Crippen LogP contribution in [0.1, 0.15) is 12.5 Å². The Kier molecular flexibility index (Phi) is 6.10. The molecular formula is C17H17N3O6. The van der Waals surface area contributed by atoms with E-state index >= 15 is 0 Å². The predicted octanol–water partition coefficient (Wildman–Crippen LogP) is 2.23. The molecule has 9 nitrogen and oxygen atoms in total. The van der Waals surface area contributed by atoms with Gasteiger partial charge in [0.05, 0.1) is 18.2 Å². The lowest BCUT2D eigenvalue weighted by molar-refractivity contribution is -0.384. The van der Waals surface area contributed by atoms with E-state index < -0.39 is 16.9 Å². The summed E-state index contributed by atoms with van der Waals surface area (Å²) in [6.07, 6.45) is 0.529. The highest BCUT2D eigenvalue weighted by Gasteiger charge is 2.14. The van der Waals surface area contributed by atoms with Crippen molar-refractivity contribution >= 4 is 17.8 Å². The normalized spacial score (nSPS) is 11.8. The van der Waals surface area contributed by atoms with Crippen molar-refractivity contribution in [2.24, 2.45) is 5.10 Å². The van der Waals surface area contributed by atoms with Crippen molar-refractivity contribution in [2.45, 2.75) is 13.0 Å². The molecule has 0 heterocycles. The minimum atomic E-state index is -0.858. The van der Waals surface area contributed by atoms with Crippen molar-refractivity contribution in [3.63, 3.8) is 0 Å². The number of methoxy groups -OCH3 is 1. The number of ether oxygens (including phenoxy) is 2. The van der Waals surface area contributed by atoms with Crippen LogP contribution in [-0.2, 0) is 4.79 Å². The van der Waals surface area contributed by atoms with Crippen LogP contribution in [0.4, 0.5) is 5.69 Å². The molecule has 1 unspecified atom stereocenters. The molecule has 1 amide bonds. The second-order valence-electron chi connectivity index (χ2n) is 5.18. The van der Waals surface area contributed by atoms with Gasteiger partial charge in [-0.15, -0.1) is 0 Å². The number of amides is 1. The molecule has 2 rings (SSSR count). The predicted molar refractivity (Wildman–Crippen MR) is 93.6 cm³/mol. The van der Waals surface area contributed by atoms with Crippen molar-refractivity contribution in [3.8, 4) is 17.2 Å². The van der Waals surface area contributed by atoms with Crippen LogP contribution in [0, 0.1) is 10.1 Å². The summed E-state index contributed by atoms with van der Waals surface area (Å²) in [4.78, 5) is 22.0. The van der Waals surface area contributed by atoms with Gasteiger partial charge in [0.15, 0.2) is 17.6 Å². The molecular weight excluding hydrogens is 342 g/mol. The number of aromatic hydroxyl groups is 1. The highest BCUT2D eigenvalue weighted by atomic mass is 16.6. The first-order chi connectivity index (χ1) is 12.4. The summed E-state index contributed by atoms with van der Waals surface area (Å²) >= 11 is 0. The molecule has 0 bridgehead atoms. The van der Waals surface area contributed by atoms with Gasteiger partial charge in [-0.05, 0) is 42.8 Å². The molecule has 9 heteroatoms. The molecule has 2 aromatic carbocycles. The maximum Gasteiger partial charge on any atom is 0.280 e. The maximum atomic E-state index is 12.0. The first kappa shape index (κ1) is 18.7. The van der Waals surface area contributed by atoms with Crippen LogP contribution in [0.2, 0.25) is 0 Å². The highest BCUT2D eigenvalue weighted by Crippen LogP contribution is 2.25. The Labute approximate surface area is 149 Å². The van der Waals surface area contributed by atoms with E-state index in [0.29, 0.717) is 11.3 Å². The van der Waals surface area contributed by atoms with Crippen LogP contribution in [0.25, 0.3) is 0 Å². The quantitative estimate of drug-likeness (QED) is 0.444. The number of hydrogen-bond donors (Lipinski definition) is 2. The topological polar surface area (TPSA) is 123 Å². The summed E-state index contributed by atoms with van der Waals surface area (Å²) in [5.41, 5.74) is 2.88. The molecule has 26 heavy (non-hydrogen) atoms. The standard InChI is InChI=1S/C17H17N3O6/c1-11(26-14-6-4-13(5-7-14)20(23)24)17(22)19-18-10-12-3-8-15(21)16(9-12)25-2/h3-11,21H,1-2H3,(H,19,22)/b18-10+. The lowest BCUT2D eigenvalue weighted by Crippen LogP contribution is -2.33. The molecule has 0 aliphatic carbocycles. The lowest BCUT2D eigenvalue weighted by atomic mass is 10.2. The molecule has 0 aliphatic rings. The van der Waals surface area contributed by atoms with E-state index in [-0.39, 0.29) is 17.2 Å². The monoisotopic (exact) mass is 359 g/mol. The van der Waals surface area contributed by atoms with Gasteiger partial charge in [0.2, 0.25) is 0 Å². The molecule has 0 aliphatic heterocycles. The summed E-state index contributed by atoms with van der Waals surface area (Å²) in [6.45, 7) is 1.52. The van der Waals surface area contributed by atoms with Gasteiger partial charge in [0.1, 0.15) is 5.75 Å². The van der Waals surface area contributed by atoms with Crippen molar-refractivity contribution < 1.29 is 24.3 Å². The number of nitro benzene ring substituents is 1. The average molecular weight is 359 g/mol. The largest absolute Gasteiger partial charge is 0.504 e. The smallest absolute Gasteiger partial charge is 0.280 e. The zero-order chi connectivity index (χ0) is 19.1. The van der Waals surface area contributed by atoms with E-state index in [4.69, 9.17) is 9.47 Å². The Balaban J connectivity index is 1.91. The van der Waals surface area contributed by atoms with E-state index in [0.717, 1.165) is 0 Å². The van der Waals surface area contributed by atoms with Gasteiger partial charge in [-0.2, -0.15) is 5.10 Å². The Morgan fingerprint density at radius 3 is 2.62 bits per heavy atom. The first-order valence-corrected chi connectivity index (χ1v) is 7.51. The van der Waals surface area contributed by atoms with E-state index in [9.17, 15) is 20.0 Å². The van der Waals surface area contributed by atoms with Gasteiger partial charge in [0.25, 0.3) is 11.6 Å². The Morgan fingerprint density at radius 2 is 2.00 bits per heavy atom. The Morgan fingerprint density at radius 1 is 1.31 bits per heavy atom. The van der Waals surface area contributed by atoms with Crippen LogP contribution in [-0.4, -0.2) is 35.4 Å². The number of benzene rings is 2. The SMILES string of the molecule is COc1cc(/C=N/NC(=O)C(C)Oc2ccc([N+](=O)[O-])cc2)ccc1O. The molecule has 0 aromatic heterocycles. The second kappa shape index (κ2) is 8.47. The van der Waals surface area contributed by atoms with E-state index in [1.807, 2.05) is 0 Å². The summed E-state index contributed by atoms with van der Waals surface area (Å²) < 4.78 is 10.4. The zero-order valence-corrected chi connectivity index (χ0v) is 14.1. The highest BCUT2D eigenvalue weighted by molar-refractivity contribution is 5.84. The third kappa shape index (κ3) is 4.94. The molecule has 136 valence electrons. The molecule has 0 radical (unpaired) electrons. The number of hydrogen-bond acceptors (Lipinski definition) is 7. The number of non-ortho nitro benzene ring substituents is 1. The van der Waals surface area contributed by atoms with Crippen LogP contribution < -0.4 is 14.9 Å². The number of phenolic OH excluding ortho intramolecular Hbond substituents is 1. The van der Waals surface area contributed by atoms with E-state index in [1.54, 1.807) is 12.1 Å². The van der Waals surface area contributed by atoms with Crippen molar-refractivity contribution in [1.82, 2.24) is 5.43 Å². The van der Waals surface area contributed by atoms with Crippen molar-refractivity contribution in [3.05, 3.63) is 58.1 Å². The van der Waals surface area contributed by atoms with Gasteiger partial charge >= 0.3 is 0 Å². The van der Waals surface area contributed by atoms with Crippen LogP contribution in [0.3, 0.4) is 0 Å². The Hall–Kier alpha value is -3.62. The fraction of sp³-hybridized carbons (Fsp3) is 0.176. The summed E-state index contributed by atoms with van der Waals surface area (Å²) in [5, 5.41) is 23.9. The average Bonchev–Trinajstić information content (AvgIpc) is 2.63. The first-order valence-electron chi connectivity index (χ1n) is 7.51. The number of phenols is 1. The summed E-state index contributed by atoms with van der Waals surface area (Å²) in [6, 6.07) is 10.0. The van der Waals surface area contributed by atoms with Gasteiger partial charge in [-0.25, -0.2) is 5.43 Å². The second-order valence-corrected chi connectivity index (χ2v) is 5.18. The molecule has 0 saturated heterocycles. The molecule has 2 N–H and O–H groups in total.